The van der Waals surface area contributed by atoms with Crippen LogP contribution in [-0.2, 0) is 4.74 Å². The number of amides is 1. The molecule has 0 radical (unpaired) electrons. The number of rotatable bonds is 3. The maximum Gasteiger partial charge on any atom is 0.412 e. The van der Waals surface area contributed by atoms with Gasteiger partial charge in [-0.2, -0.15) is 0 Å². The van der Waals surface area contributed by atoms with Crippen molar-refractivity contribution in [2.24, 2.45) is 0 Å². The molecule has 0 saturated carbocycles. The molecule has 0 heterocycles. The normalized spacial score (nSPS) is 11.0. The zero-order valence-corrected chi connectivity index (χ0v) is 13.0. The van der Waals surface area contributed by atoms with Crippen molar-refractivity contribution in [1.82, 2.24) is 0 Å². The lowest BCUT2D eigenvalue weighted by atomic mass is 10.0. The number of hydrogen-bond donors (Lipinski definition) is 1. The molecule has 2 aromatic rings. The van der Waals surface area contributed by atoms with E-state index in [1.165, 1.54) is 6.08 Å². The Bertz CT molecular complexity index is 742. The molecule has 4 nitrogen and oxygen atoms in total. The average molecular weight is 297 g/mol. The van der Waals surface area contributed by atoms with E-state index in [1.54, 1.807) is 45.0 Å². The molecule has 2 aromatic carbocycles. The summed E-state index contributed by atoms with van der Waals surface area (Å²) < 4.78 is 5.26. The summed E-state index contributed by atoms with van der Waals surface area (Å²) >= 11 is 0. The van der Waals surface area contributed by atoms with Gasteiger partial charge in [-0.05, 0) is 38.3 Å². The molecular weight excluding hydrogens is 278 g/mol. The largest absolute Gasteiger partial charge is 0.444 e. The van der Waals surface area contributed by atoms with Crippen LogP contribution in [0.4, 0.5) is 10.5 Å². The van der Waals surface area contributed by atoms with Crippen LogP contribution in [0.25, 0.3) is 10.8 Å². The van der Waals surface area contributed by atoms with Gasteiger partial charge in [-0.25, -0.2) is 4.79 Å². The van der Waals surface area contributed by atoms with Crippen LogP contribution in [-0.4, -0.2) is 17.5 Å². The molecule has 0 atom stereocenters. The number of anilines is 1. The zero-order valence-electron chi connectivity index (χ0n) is 13.0. The first-order valence-corrected chi connectivity index (χ1v) is 7.00. The van der Waals surface area contributed by atoms with Gasteiger partial charge in [0, 0.05) is 10.9 Å². The smallest absolute Gasteiger partial charge is 0.412 e. The summed E-state index contributed by atoms with van der Waals surface area (Å²) in [6.07, 6.45) is 0.753. The number of nitrogens with one attached hydrogen (secondary N) is 1. The van der Waals surface area contributed by atoms with Crippen molar-refractivity contribution in [3.05, 3.63) is 54.6 Å². The van der Waals surface area contributed by atoms with Crippen LogP contribution < -0.4 is 5.32 Å². The van der Waals surface area contributed by atoms with E-state index in [2.05, 4.69) is 11.9 Å². The van der Waals surface area contributed by atoms with Crippen molar-refractivity contribution < 1.29 is 14.3 Å². The highest BCUT2D eigenvalue weighted by Gasteiger charge is 2.17. The van der Waals surface area contributed by atoms with Gasteiger partial charge in [0.1, 0.15) is 5.60 Å². The predicted molar refractivity (Wildman–Crippen MR) is 88.3 cm³/mol. The SMILES string of the molecule is C=CC(=O)c1cccc2c(NC(=O)OC(C)(C)C)cccc12. The Labute approximate surface area is 129 Å². The fraction of sp³-hybridized carbons (Fsp3) is 0.222. The summed E-state index contributed by atoms with van der Waals surface area (Å²) in [5.41, 5.74) is 0.587. The summed E-state index contributed by atoms with van der Waals surface area (Å²) in [4.78, 5) is 23.8. The van der Waals surface area contributed by atoms with Gasteiger partial charge in [-0.1, -0.05) is 36.9 Å². The Morgan fingerprint density at radius 2 is 1.73 bits per heavy atom. The third-order valence-corrected chi connectivity index (χ3v) is 3.01. The van der Waals surface area contributed by atoms with Crippen molar-refractivity contribution in [3.8, 4) is 0 Å². The number of carbonyl (C=O) groups excluding carboxylic acids is 2. The molecule has 0 saturated heterocycles. The predicted octanol–water partition coefficient (Wildman–Crippen LogP) is 4.56. The molecule has 0 aromatic heterocycles. The summed E-state index contributed by atoms with van der Waals surface area (Å²) in [6, 6.07) is 10.8. The highest BCUT2D eigenvalue weighted by Crippen LogP contribution is 2.27. The highest BCUT2D eigenvalue weighted by atomic mass is 16.6. The maximum atomic E-state index is 11.9. The second-order valence-electron chi connectivity index (χ2n) is 5.90. The number of benzene rings is 2. The Morgan fingerprint density at radius 3 is 2.36 bits per heavy atom. The van der Waals surface area contributed by atoms with Crippen LogP contribution >= 0.6 is 0 Å². The number of ketones is 1. The molecular formula is C18H19NO3. The van der Waals surface area contributed by atoms with Gasteiger partial charge < -0.3 is 4.74 Å². The van der Waals surface area contributed by atoms with Crippen LogP contribution in [0.2, 0.25) is 0 Å². The van der Waals surface area contributed by atoms with E-state index >= 15 is 0 Å². The number of allylic oxidation sites excluding steroid dienone is 1. The molecule has 0 spiro atoms. The van der Waals surface area contributed by atoms with Gasteiger partial charge in [0.2, 0.25) is 0 Å². The van der Waals surface area contributed by atoms with Crippen molar-refractivity contribution >= 4 is 28.3 Å². The van der Waals surface area contributed by atoms with Gasteiger partial charge in [0.25, 0.3) is 0 Å². The second-order valence-corrected chi connectivity index (χ2v) is 5.90. The van der Waals surface area contributed by atoms with Gasteiger partial charge in [0.15, 0.2) is 5.78 Å². The van der Waals surface area contributed by atoms with E-state index in [9.17, 15) is 9.59 Å². The highest BCUT2D eigenvalue weighted by molar-refractivity contribution is 6.15. The van der Waals surface area contributed by atoms with E-state index in [-0.39, 0.29) is 5.78 Å². The Balaban J connectivity index is 2.42. The lowest BCUT2D eigenvalue weighted by Gasteiger charge is -2.20. The first-order valence-electron chi connectivity index (χ1n) is 7.00. The molecule has 0 aliphatic rings. The molecule has 0 fully saturated rings. The van der Waals surface area contributed by atoms with Crippen LogP contribution in [0, 0.1) is 0 Å². The van der Waals surface area contributed by atoms with Crippen molar-refractivity contribution in [1.29, 1.82) is 0 Å². The molecule has 1 N–H and O–H groups in total. The fourth-order valence-electron chi connectivity index (χ4n) is 2.16. The van der Waals surface area contributed by atoms with E-state index in [4.69, 9.17) is 4.74 Å². The topological polar surface area (TPSA) is 55.4 Å². The molecule has 0 aliphatic carbocycles. The van der Waals surface area contributed by atoms with Crippen LogP contribution in [0.5, 0.6) is 0 Å². The van der Waals surface area contributed by atoms with Crippen molar-refractivity contribution in [2.45, 2.75) is 26.4 Å². The van der Waals surface area contributed by atoms with E-state index < -0.39 is 11.7 Å². The average Bonchev–Trinajstić information content (AvgIpc) is 2.44. The summed E-state index contributed by atoms with van der Waals surface area (Å²) in [5.74, 6) is -0.153. The van der Waals surface area contributed by atoms with Crippen LogP contribution in [0.15, 0.2) is 49.1 Å². The standard InChI is InChI=1S/C18H19NO3/c1-5-16(20)14-10-6-9-13-12(14)8-7-11-15(13)19-17(21)22-18(2,3)4/h5-11H,1H2,2-4H3,(H,19,21). The third-order valence-electron chi connectivity index (χ3n) is 3.01. The van der Waals surface area contributed by atoms with Gasteiger partial charge >= 0.3 is 6.09 Å². The Morgan fingerprint density at radius 1 is 1.09 bits per heavy atom. The lowest BCUT2D eigenvalue weighted by molar-refractivity contribution is 0.0636. The minimum atomic E-state index is -0.571. The quantitative estimate of drug-likeness (QED) is 0.667. The number of fused-ring (bicyclic) bond motifs is 1. The molecule has 2 rings (SSSR count). The second kappa shape index (κ2) is 6.02. The van der Waals surface area contributed by atoms with Crippen molar-refractivity contribution in [2.75, 3.05) is 5.32 Å². The third kappa shape index (κ3) is 3.52. The fourth-order valence-corrected chi connectivity index (χ4v) is 2.16. The first-order chi connectivity index (χ1) is 10.3. The lowest BCUT2D eigenvalue weighted by Crippen LogP contribution is -2.27. The maximum absolute atomic E-state index is 11.9. The Hall–Kier alpha value is -2.62. The van der Waals surface area contributed by atoms with Crippen LogP contribution in [0.1, 0.15) is 31.1 Å². The molecule has 0 unspecified atom stereocenters. The summed E-state index contributed by atoms with van der Waals surface area (Å²) in [6.45, 7) is 8.92. The minimum absolute atomic E-state index is 0.153. The minimum Gasteiger partial charge on any atom is -0.444 e. The molecule has 22 heavy (non-hydrogen) atoms. The van der Waals surface area contributed by atoms with Gasteiger partial charge in [0.05, 0.1) is 5.69 Å². The summed E-state index contributed by atoms with van der Waals surface area (Å²) in [5, 5.41) is 4.27. The molecule has 0 aliphatic heterocycles. The van der Waals surface area contributed by atoms with Crippen LogP contribution in [0.3, 0.4) is 0 Å². The molecule has 114 valence electrons. The zero-order chi connectivity index (χ0) is 16.3. The van der Waals surface area contributed by atoms with Gasteiger partial charge in [-0.3, -0.25) is 10.1 Å². The molecule has 1 amide bonds. The van der Waals surface area contributed by atoms with E-state index in [0.29, 0.717) is 11.3 Å². The van der Waals surface area contributed by atoms with E-state index in [0.717, 1.165) is 10.8 Å². The Kier molecular flexibility index (Phi) is 4.31. The number of ether oxygens (including phenoxy) is 1. The molecule has 0 bridgehead atoms. The first kappa shape index (κ1) is 15.8. The number of hydrogen-bond acceptors (Lipinski definition) is 3. The monoisotopic (exact) mass is 297 g/mol. The van der Waals surface area contributed by atoms with Crippen molar-refractivity contribution in [3.63, 3.8) is 0 Å². The van der Waals surface area contributed by atoms with Gasteiger partial charge in [-0.15, -0.1) is 0 Å². The summed E-state index contributed by atoms with van der Waals surface area (Å²) in [7, 11) is 0. The van der Waals surface area contributed by atoms with E-state index in [1.807, 2.05) is 12.1 Å². The number of carbonyl (C=O) groups is 2. The molecule has 4 heteroatoms.